The lowest BCUT2D eigenvalue weighted by molar-refractivity contribution is 0.101. The maximum Gasteiger partial charge on any atom is 0.159 e. The Kier molecular flexibility index (Phi) is 4.07. The van der Waals surface area contributed by atoms with Crippen LogP contribution in [0.3, 0.4) is 0 Å². The van der Waals surface area contributed by atoms with Crippen LogP contribution in [0, 0.1) is 28.6 Å². The van der Waals surface area contributed by atoms with Gasteiger partial charge in [-0.1, -0.05) is 24.0 Å². The van der Waals surface area contributed by atoms with Gasteiger partial charge in [-0.2, -0.15) is 5.26 Å². The summed E-state index contributed by atoms with van der Waals surface area (Å²) < 4.78 is 0. The highest BCUT2D eigenvalue weighted by molar-refractivity contribution is 5.94. The Balaban J connectivity index is 2.87. The van der Waals surface area contributed by atoms with E-state index in [1.165, 1.54) is 6.92 Å². The van der Waals surface area contributed by atoms with Gasteiger partial charge in [-0.05, 0) is 32.9 Å². The van der Waals surface area contributed by atoms with Crippen LogP contribution in [0.15, 0.2) is 24.3 Å². The average Bonchev–Trinajstić information content (AvgIpc) is 2.27. The van der Waals surface area contributed by atoms with Crippen LogP contribution in [0.4, 0.5) is 0 Å². The van der Waals surface area contributed by atoms with Crippen molar-refractivity contribution in [1.29, 1.82) is 5.26 Å². The van der Waals surface area contributed by atoms with Gasteiger partial charge in [-0.3, -0.25) is 4.79 Å². The van der Waals surface area contributed by atoms with Crippen molar-refractivity contribution in [3.05, 3.63) is 35.4 Å². The molecular formula is C15H15NO. The van der Waals surface area contributed by atoms with Gasteiger partial charge in [0, 0.05) is 16.5 Å². The van der Waals surface area contributed by atoms with E-state index in [9.17, 15) is 4.79 Å². The normalized spacial score (nSPS) is 10.0. The van der Waals surface area contributed by atoms with Gasteiger partial charge in [0.25, 0.3) is 0 Å². The Morgan fingerprint density at radius 3 is 2.35 bits per heavy atom. The van der Waals surface area contributed by atoms with Gasteiger partial charge in [-0.15, -0.1) is 0 Å². The molecule has 0 N–H and O–H groups in total. The molecule has 0 aliphatic heterocycles. The summed E-state index contributed by atoms with van der Waals surface area (Å²) in [6.07, 6.45) is 0.408. The molecule has 1 rings (SSSR count). The highest BCUT2D eigenvalue weighted by Gasteiger charge is 2.12. The average molecular weight is 225 g/mol. The molecule has 0 heterocycles. The zero-order valence-electron chi connectivity index (χ0n) is 10.4. The Hall–Kier alpha value is -2.06. The van der Waals surface area contributed by atoms with Crippen LogP contribution in [-0.4, -0.2) is 5.78 Å². The molecule has 1 aromatic rings. The van der Waals surface area contributed by atoms with Crippen LogP contribution in [-0.2, 0) is 0 Å². The third kappa shape index (κ3) is 4.13. The van der Waals surface area contributed by atoms with E-state index in [0.717, 1.165) is 5.56 Å². The summed E-state index contributed by atoms with van der Waals surface area (Å²) in [6.45, 7) is 5.41. The summed E-state index contributed by atoms with van der Waals surface area (Å²) in [5.74, 6) is 6.14. The number of carbonyl (C=O) groups excluding carboxylic acids is 1. The minimum Gasteiger partial charge on any atom is -0.295 e. The fourth-order valence-corrected chi connectivity index (χ4v) is 1.27. The first kappa shape index (κ1) is 13.0. The highest BCUT2D eigenvalue weighted by Crippen LogP contribution is 2.18. The number of nitriles is 1. The minimum atomic E-state index is -0.298. The van der Waals surface area contributed by atoms with Crippen molar-refractivity contribution >= 4 is 5.78 Å². The third-order valence-corrected chi connectivity index (χ3v) is 2.36. The first-order valence-electron chi connectivity index (χ1n) is 5.46. The molecule has 0 atom stereocenters. The van der Waals surface area contributed by atoms with E-state index < -0.39 is 0 Å². The van der Waals surface area contributed by atoms with Crippen molar-refractivity contribution in [2.45, 2.75) is 27.2 Å². The summed E-state index contributed by atoms with van der Waals surface area (Å²) in [4.78, 5) is 11.1. The number of nitrogens with zero attached hydrogens (tertiary/aromatic N) is 1. The van der Waals surface area contributed by atoms with Crippen molar-refractivity contribution in [2.75, 3.05) is 0 Å². The predicted molar refractivity (Wildman–Crippen MR) is 67.3 cm³/mol. The molecule has 0 amide bonds. The fourth-order valence-electron chi connectivity index (χ4n) is 1.27. The summed E-state index contributed by atoms with van der Waals surface area (Å²) in [7, 11) is 0. The summed E-state index contributed by atoms with van der Waals surface area (Å²) in [5, 5.41) is 8.64. The second-order valence-corrected chi connectivity index (χ2v) is 4.60. The highest BCUT2D eigenvalue weighted by atomic mass is 16.1. The molecule has 0 aromatic heterocycles. The Labute approximate surface area is 102 Å². The van der Waals surface area contributed by atoms with Crippen molar-refractivity contribution in [1.82, 2.24) is 0 Å². The molecule has 0 saturated heterocycles. The van der Waals surface area contributed by atoms with Crippen LogP contribution >= 0.6 is 0 Å². The number of carbonyl (C=O) groups is 1. The molecule has 0 bridgehead atoms. The first-order valence-corrected chi connectivity index (χ1v) is 5.46. The van der Waals surface area contributed by atoms with Crippen LogP contribution in [0.2, 0.25) is 0 Å². The number of rotatable bonds is 2. The molecule has 2 heteroatoms. The zero-order valence-corrected chi connectivity index (χ0v) is 10.4. The van der Waals surface area contributed by atoms with E-state index >= 15 is 0 Å². The molecule has 0 spiro atoms. The topological polar surface area (TPSA) is 40.9 Å². The lowest BCUT2D eigenvalue weighted by Crippen LogP contribution is -2.06. The number of benzene rings is 1. The van der Waals surface area contributed by atoms with E-state index in [-0.39, 0.29) is 11.2 Å². The smallest absolute Gasteiger partial charge is 0.159 e. The van der Waals surface area contributed by atoms with Crippen molar-refractivity contribution < 1.29 is 4.79 Å². The monoisotopic (exact) mass is 225 g/mol. The molecule has 0 saturated carbocycles. The van der Waals surface area contributed by atoms with E-state index in [0.29, 0.717) is 12.0 Å². The second-order valence-electron chi connectivity index (χ2n) is 4.60. The molecule has 0 aliphatic rings. The van der Waals surface area contributed by atoms with Gasteiger partial charge in [0.1, 0.15) is 0 Å². The zero-order chi connectivity index (χ0) is 12.9. The maximum atomic E-state index is 11.1. The largest absolute Gasteiger partial charge is 0.295 e. The van der Waals surface area contributed by atoms with Gasteiger partial charge < -0.3 is 0 Å². The number of hydrogen-bond acceptors (Lipinski definition) is 2. The van der Waals surface area contributed by atoms with E-state index in [2.05, 4.69) is 17.9 Å². The lowest BCUT2D eigenvalue weighted by Gasteiger charge is -2.11. The van der Waals surface area contributed by atoms with Crippen LogP contribution in [0.5, 0.6) is 0 Å². The Bertz CT molecular complexity index is 507. The Morgan fingerprint density at radius 1 is 1.29 bits per heavy atom. The quantitative estimate of drug-likeness (QED) is 0.573. The number of hydrogen-bond donors (Lipinski definition) is 0. The van der Waals surface area contributed by atoms with E-state index in [1.54, 1.807) is 12.1 Å². The maximum absolute atomic E-state index is 11.1. The Morgan fingerprint density at radius 2 is 1.88 bits per heavy atom. The molecule has 0 radical (unpaired) electrons. The van der Waals surface area contributed by atoms with E-state index in [4.69, 9.17) is 5.26 Å². The van der Waals surface area contributed by atoms with Crippen LogP contribution < -0.4 is 0 Å². The van der Waals surface area contributed by atoms with Gasteiger partial charge in [0.05, 0.1) is 12.5 Å². The molecule has 17 heavy (non-hydrogen) atoms. The molecule has 1 aromatic carbocycles. The van der Waals surface area contributed by atoms with Gasteiger partial charge in [0.15, 0.2) is 5.78 Å². The summed E-state index contributed by atoms with van der Waals surface area (Å²) in [6, 6.07) is 9.31. The van der Waals surface area contributed by atoms with Gasteiger partial charge >= 0.3 is 0 Å². The fraction of sp³-hybridized carbons (Fsp3) is 0.333. The SMILES string of the molecule is CC(=O)c1ccc(C#CC(C)(C)CC#N)cc1. The van der Waals surface area contributed by atoms with Crippen LogP contribution in [0.25, 0.3) is 0 Å². The molecule has 86 valence electrons. The lowest BCUT2D eigenvalue weighted by atomic mass is 9.90. The molecule has 0 aliphatic carbocycles. The second kappa shape index (κ2) is 5.32. The van der Waals surface area contributed by atoms with Crippen molar-refractivity contribution in [2.24, 2.45) is 5.41 Å². The number of ketones is 1. The third-order valence-electron chi connectivity index (χ3n) is 2.36. The standard InChI is InChI=1S/C15H15NO/c1-12(17)14-6-4-13(5-7-14)8-9-15(2,3)10-11-16/h4-7H,10H2,1-3H3. The predicted octanol–water partition coefficient (Wildman–Crippen LogP) is 3.18. The molecule has 2 nitrogen and oxygen atoms in total. The molecule has 0 fully saturated rings. The van der Waals surface area contributed by atoms with Gasteiger partial charge in [0.2, 0.25) is 0 Å². The number of Topliss-reactive ketones (excluding diaryl/α,β-unsaturated/α-hetero) is 1. The van der Waals surface area contributed by atoms with Crippen LogP contribution in [0.1, 0.15) is 43.1 Å². The minimum absolute atomic E-state index is 0.0503. The molecular weight excluding hydrogens is 210 g/mol. The summed E-state index contributed by atoms with van der Waals surface area (Å²) in [5.41, 5.74) is 1.25. The summed E-state index contributed by atoms with van der Waals surface area (Å²) >= 11 is 0. The molecule has 0 unspecified atom stereocenters. The first-order chi connectivity index (χ1) is 7.94. The van der Waals surface area contributed by atoms with Crippen molar-refractivity contribution in [3.8, 4) is 17.9 Å². The van der Waals surface area contributed by atoms with E-state index in [1.807, 2.05) is 26.0 Å². The van der Waals surface area contributed by atoms with Crippen molar-refractivity contribution in [3.63, 3.8) is 0 Å². The van der Waals surface area contributed by atoms with Gasteiger partial charge in [-0.25, -0.2) is 0 Å².